The highest BCUT2D eigenvalue weighted by Crippen LogP contribution is 2.25. The summed E-state index contributed by atoms with van der Waals surface area (Å²) in [5, 5.41) is 0. The van der Waals surface area contributed by atoms with Gasteiger partial charge in [-0.1, -0.05) is 72.3 Å². The van der Waals surface area contributed by atoms with Gasteiger partial charge in [-0.3, -0.25) is 0 Å². The van der Waals surface area contributed by atoms with Crippen LogP contribution in [0.5, 0.6) is 0 Å². The lowest BCUT2D eigenvalue weighted by Crippen LogP contribution is -2.06. The summed E-state index contributed by atoms with van der Waals surface area (Å²) in [6.45, 7) is 4.81. The molecule has 1 heteroatoms. The zero-order valence-electron chi connectivity index (χ0n) is 11.5. The molecule has 0 saturated heterocycles. The van der Waals surface area contributed by atoms with E-state index < -0.39 is 0 Å². The van der Waals surface area contributed by atoms with E-state index in [-0.39, 0.29) is 6.10 Å². The van der Waals surface area contributed by atoms with Crippen LogP contribution in [-0.4, -0.2) is 6.61 Å². The second-order valence-corrected chi connectivity index (χ2v) is 4.82. The highest BCUT2D eigenvalue weighted by Gasteiger charge is 2.13. The molecule has 1 nitrogen and oxygen atoms in total. The van der Waals surface area contributed by atoms with Crippen LogP contribution < -0.4 is 0 Å². The molecule has 0 atom stereocenters. The summed E-state index contributed by atoms with van der Waals surface area (Å²) < 4.78 is 6.05. The van der Waals surface area contributed by atoms with Crippen LogP contribution in [0, 0.1) is 0 Å². The van der Waals surface area contributed by atoms with E-state index in [9.17, 15) is 0 Å². The van der Waals surface area contributed by atoms with Crippen molar-refractivity contribution < 1.29 is 4.74 Å². The van der Waals surface area contributed by atoms with E-state index in [1.165, 1.54) is 16.7 Å². The smallest absolute Gasteiger partial charge is 0.108 e. The van der Waals surface area contributed by atoms with Crippen molar-refractivity contribution in [2.24, 2.45) is 0 Å². The molecule has 0 aliphatic carbocycles. The number of allylic oxidation sites excluding steroid dienone is 1. The lowest BCUT2D eigenvalue weighted by atomic mass is 10.0. The zero-order valence-corrected chi connectivity index (χ0v) is 11.5. The minimum Gasteiger partial charge on any atom is -0.365 e. The Morgan fingerprint density at radius 3 is 1.79 bits per heavy atom. The van der Waals surface area contributed by atoms with Gasteiger partial charge in [-0.05, 0) is 25.0 Å². The van der Waals surface area contributed by atoms with Crippen molar-refractivity contribution in [2.45, 2.75) is 20.0 Å². The summed E-state index contributed by atoms with van der Waals surface area (Å²) in [4.78, 5) is 0. The molecule has 0 spiro atoms. The highest BCUT2D eigenvalue weighted by atomic mass is 16.5. The number of hydrogen-bond donors (Lipinski definition) is 0. The quantitative estimate of drug-likeness (QED) is 0.697. The topological polar surface area (TPSA) is 9.23 Å². The summed E-state index contributed by atoms with van der Waals surface area (Å²) in [6, 6.07) is 20.7. The van der Waals surface area contributed by atoms with E-state index in [2.05, 4.69) is 68.5 Å². The van der Waals surface area contributed by atoms with Crippen LogP contribution in [0.25, 0.3) is 0 Å². The highest BCUT2D eigenvalue weighted by molar-refractivity contribution is 5.29. The van der Waals surface area contributed by atoms with Crippen molar-refractivity contribution in [3.05, 3.63) is 83.4 Å². The summed E-state index contributed by atoms with van der Waals surface area (Å²) in [5.74, 6) is 0. The first-order valence-corrected chi connectivity index (χ1v) is 6.62. The van der Waals surface area contributed by atoms with Gasteiger partial charge in [0.2, 0.25) is 0 Å². The molecular weight excluding hydrogens is 232 g/mol. The largest absolute Gasteiger partial charge is 0.365 e. The molecule has 0 aliphatic heterocycles. The molecule has 2 aromatic carbocycles. The van der Waals surface area contributed by atoms with Gasteiger partial charge in [-0.25, -0.2) is 0 Å². The standard InChI is InChI=1S/C18H20O/c1-15(2)13-14-19-18(16-9-5-3-6-10-16)17-11-7-4-8-12-17/h3-13,18H,14H2,1-2H3. The second kappa shape index (κ2) is 6.91. The maximum atomic E-state index is 6.05. The fourth-order valence-electron chi connectivity index (χ4n) is 1.95. The van der Waals surface area contributed by atoms with Crippen LogP contribution in [0.3, 0.4) is 0 Å². The van der Waals surface area contributed by atoms with Gasteiger partial charge < -0.3 is 4.74 Å². The fourth-order valence-corrected chi connectivity index (χ4v) is 1.95. The van der Waals surface area contributed by atoms with E-state index in [1.54, 1.807) is 0 Å². The average Bonchev–Trinajstić information content (AvgIpc) is 2.45. The van der Waals surface area contributed by atoms with E-state index in [1.807, 2.05) is 12.1 Å². The van der Waals surface area contributed by atoms with Crippen molar-refractivity contribution in [3.63, 3.8) is 0 Å². The van der Waals surface area contributed by atoms with Gasteiger partial charge in [0.25, 0.3) is 0 Å². The minimum atomic E-state index is -0.00185. The van der Waals surface area contributed by atoms with Crippen LogP contribution in [-0.2, 0) is 4.74 Å². The molecule has 0 bridgehead atoms. The third-order valence-electron chi connectivity index (χ3n) is 2.96. The van der Waals surface area contributed by atoms with E-state index in [4.69, 9.17) is 4.74 Å². The minimum absolute atomic E-state index is 0.00185. The molecule has 0 unspecified atom stereocenters. The summed E-state index contributed by atoms with van der Waals surface area (Å²) >= 11 is 0. The van der Waals surface area contributed by atoms with Crippen LogP contribution in [0.1, 0.15) is 31.1 Å². The molecule has 0 aliphatic rings. The molecule has 0 N–H and O–H groups in total. The van der Waals surface area contributed by atoms with E-state index >= 15 is 0 Å². The molecule has 2 rings (SSSR count). The lowest BCUT2D eigenvalue weighted by molar-refractivity contribution is 0.104. The Kier molecular flexibility index (Phi) is 4.93. The SMILES string of the molecule is CC(C)=CCOC(c1ccccc1)c1ccccc1. The molecule has 0 heterocycles. The van der Waals surface area contributed by atoms with E-state index in [0.717, 1.165) is 0 Å². The Labute approximate surface area is 115 Å². The van der Waals surface area contributed by atoms with Crippen molar-refractivity contribution in [1.29, 1.82) is 0 Å². The molecule has 0 fully saturated rings. The Morgan fingerprint density at radius 1 is 0.895 bits per heavy atom. The molecule has 0 radical (unpaired) electrons. The lowest BCUT2D eigenvalue weighted by Gasteiger charge is -2.18. The molecule has 98 valence electrons. The van der Waals surface area contributed by atoms with Crippen LogP contribution in [0.4, 0.5) is 0 Å². The molecule has 0 amide bonds. The van der Waals surface area contributed by atoms with Gasteiger partial charge in [0.15, 0.2) is 0 Å². The van der Waals surface area contributed by atoms with Crippen LogP contribution in [0.2, 0.25) is 0 Å². The summed E-state index contributed by atoms with van der Waals surface area (Å²) in [6.07, 6.45) is 2.11. The fraction of sp³-hybridized carbons (Fsp3) is 0.222. The Hall–Kier alpha value is -1.86. The summed E-state index contributed by atoms with van der Waals surface area (Å²) in [5.41, 5.74) is 3.66. The third kappa shape index (κ3) is 4.08. The van der Waals surface area contributed by atoms with Crippen LogP contribution >= 0.6 is 0 Å². The van der Waals surface area contributed by atoms with Gasteiger partial charge >= 0.3 is 0 Å². The molecular formula is C18H20O. The number of benzene rings is 2. The van der Waals surface area contributed by atoms with Crippen molar-refractivity contribution in [1.82, 2.24) is 0 Å². The Balaban J connectivity index is 2.21. The molecule has 0 aromatic heterocycles. The Bertz CT molecular complexity index is 470. The maximum Gasteiger partial charge on any atom is 0.108 e. The van der Waals surface area contributed by atoms with Crippen molar-refractivity contribution >= 4 is 0 Å². The number of rotatable bonds is 5. The first-order valence-electron chi connectivity index (χ1n) is 6.62. The molecule has 2 aromatic rings. The van der Waals surface area contributed by atoms with Crippen molar-refractivity contribution in [2.75, 3.05) is 6.61 Å². The number of hydrogen-bond acceptors (Lipinski definition) is 1. The first kappa shape index (κ1) is 13.6. The predicted molar refractivity (Wildman–Crippen MR) is 80.1 cm³/mol. The van der Waals surface area contributed by atoms with Gasteiger partial charge in [0.1, 0.15) is 6.10 Å². The molecule has 19 heavy (non-hydrogen) atoms. The van der Waals surface area contributed by atoms with E-state index in [0.29, 0.717) is 6.61 Å². The average molecular weight is 252 g/mol. The third-order valence-corrected chi connectivity index (χ3v) is 2.96. The maximum absolute atomic E-state index is 6.05. The number of ether oxygens (including phenoxy) is 1. The van der Waals surface area contributed by atoms with Gasteiger partial charge in [-0.2, -0.15) is 0 Å². The molecule has 0 saturated carbocycles. The van der Waals surface area contributed by atoms with Crippen LogP contribution in [0.15, 0.2) is 72.3 Å². The predicted octanol–water partition coefficient (Wildman–Crippen LogP) is 4.76. The van der Waals surface area contributed by atoms with Gasteiger partial charge in [-0.15, -0.1) is 0 Å². The summed E-state index contributed by atoms with van der Waals surface area (Å²) in [7, 11) is 0. The van der Waals surface area contributed by atoms with Gasteiger partial charge in [0.05, 0.1) is 6.61 Å². The Morgan fingerprint density at radius 2 is 1.37 bits per heavy atom. The second-order valence-electron chi connectivity index (χ2n) is 4.82. The van der Waals surface area contributed by atoms with Gasteiger partial charge in [0, 0.05) is 0 Å². The monoisotopic (exact) mass is 252 g/mol. The normalized spacial score (nSPS) is 10.5. The zero-order chi connectivity index (χ0) is 13.5. The van der Waals surface area contributed by atoms with Crippen molar-refractivity contribution in [3.8, 4) is 0 Å². The first-order chi connectivity index (χ1) is 9.27.